The van der Waals surface area contributed by atoms with Crippen LogP contribution in [0.2, 0.25) is 0 Å². The summed E-state index contributed by atoms with van der Waals surface area (Å²) in [7, 11) is -3.57. The summed E-state index contributed by atoms with van der Waals surface area (Å²) in [6.07, 6.45) is -2.99. The number of rotatable bonds is 6. The predicted octanol–water partition coefficient (Wildman–Crippen LogP) is 3.15. The first-order valence-corrected chi connectivity index (χ1v) is 12.1. The lowest BCUT2D eigenvalue weighted by atomic mass is 10.2. The Balaban J connectivity index is 1.33. The van der Waals surface area contributed by atoms with Gasteiger partial charge in [0.05, 0.1) is 5.56 Å². The number of hydrogen-bond donors (Lipinski definition) is 0. The van der Waals surface area contributed by atoms with Gasteiger partial charge in [0.2, 0.25) is 0 Å². The average molecular weight is 501 g/mol. The van der Waals surface area contributed by atoms with E-state index in [1.807, 2.05) is 0 Å². The first-order chi connectivity index (χ1) is 15.6. The highest BCUT2D eigenvalue weighted by atomic mass is 32.2. The van der Waals surface area contributed by atoms with E-state index >= 15 is 0 Å². The lowest BCUT2D eigenvalue weighted by Gasteiger charge is -2.33. The fourth-order valence-electron chi connectivity index (χ4n) is 3.28. The topological polar surface area (TPSA) is 84.7 Å². The third-order valence-electron chi connectivity index (χ3n) is 5.00. The summed E-state index contributed by atoms with van der Waals surface area (Å²) in [6, 6.07) is 9.17. The van der Waals surface area contributed by atoms with E-state index in [2.05, 4.69) is 5.10 Å². The van der Waals surface area contributed by atoms with Crippen LogP contribution in [0.15, 0.2) is 58.3 Å². The maximum atomic E-state index is 12.8. The number of nitrogens with zero attached hydrogens (tertiary/aromatic N) is 4. The maximum Gasteiger partial charge on any atom is 0.416 e. The summed E-state index contributed by atoms with van der Waals surface area (Å²) in [5.74, 6) is -0.336. The number of carbonyl (C=O) groups is 1. The van der Waals surface area contributed by atoms with Gasteiger partial charge in [-0.15, -0.1) is 11.3 Å². The molecule has 1 fully saturated rings. The van der Waals surface area contributed by atoms with Gasteiger partial charge in [0, 0.05) is 32.4 Å². The highest BCUT2D eigenvalue weighted by molar-refractivity contribution is 7.91. The Kier molecular flexibility index (Phi) is 6.45. The number of carbonyl (C=O) groups excluding carboxylic acids is 1. The molecular formula is C20H19F3N4O4S2. The van der Waals surface area contributed by atoms with Crippen LogP contribution < -0.4 is 4.74 Å². The van der Waals surface area contributed by atoms with Gasteiger partial charge >= 0.3 is 6.18 Å². The zero-order chi connectivity index (χ0) is 23.6. The molecule has 3 aromatic rings. The number of amides is 1. The molecular weight excluding hydrogens is 481 g/mol. The largest absolute Gasteiger partial charge is 0.471 e. The Morgan fingerprint density at radius 1 is 1.09 bits per heavy atom. The van der Waals surface area contributed by atoms with E-state index in [0.717, 1.165) is 23.5 Å². The summed E-state index contributed by atoms with van der Waals surface area (Å²) in [4.78, 5) is 14.3. The van der Waals surface area contributed by atoms with Gasteiger partial charge in [-0.05, 0) is 35.7 Å². The number of ether oxygens (including phenoxy) is 1. The molecule has 13 heteroatoms. The fourth-order valence-corrected chi connectivity index (χ4v) is 5.85. The molecule has 0 radical (unpaired) electrons. The second kappa shape index (κ2) is 9.15. The molecule has 33 heavy (non-hydrogen) atoms. The van der Waals surface area contributed by atoms with E-state index in [9.17, 15) is 26.4 Å². The number of benzene rings is 1. The van der Waals surface area contributed by atoms with Crippen molar-refractivity contribution in [3.05, 3.63) is 65.3 Å². The second-order valence-electron chi connectivity index (χ2n) is 7.17. The monoisotopic (exact) mass is 500 g/mol. The van der Waals surface area contributed by atoms with Crippen molar-refractivity contribution in [3.8, 4) is 5.75 Å². The minimum absolute atomic E-state index is 0.0243. The molecule has 1 aliphatic heterocycles. The SMILES string of the molecule is O=C(c1ccn(COc2cccc(C(F)(F)F)c2)n1)N1CCN(S(=O)(=O)c2cccs2)CC1. The number of alkyl halides is 3. The van der Waals surface area contributed by atoms with Crippen LogP contribution in [0, 0.1) is 0 Å². The van der Waals surface area contributed by atoms with E-state index in [4.69, 9.17) is 4.74 Å². The van der Waals surface area contributed by atoms with Crippen molar-refractivity contribution in [2.24, 2.45) is 0 Å². The van der Waals surface area contributed by atoms with E-state index < -0.39 is 21.8 Å². The van der Waals surface area contributed by atoms with Crippen LogP contribution in [0.4, 0.5) is 13.2 Å². The minimum atomic E-state index is -4.47. The zero-order valence-electron chi connectivity index (χ0n) is 17.1. The van der Waals surface area contributed by atoms with Crippen LogP contribution >= 0.6 is 11.3 Å². The van der Waals surface area contributed by atoms with Crippen LogP contribution in [0.5, 0.6) is 5.75 Å². The molecule has 1 amide bonds. The van der Waals surface area contributed by atoms with Crippen LogP contribution in [-0.4, -0.2) is 59.5 Å². The number of thiophene rings is 1. The van der Waals surface area contributed by atoms with Crippen molar-refractivity contribution in [3.63, 3.8) is 0 Å². The molecule has 8 nitrogen and oxygen atoms in total. The van der Waals surface area contributed by atoms with Gasteiger partial charge in [0.15, 0.2) is 12.4 Å². The molecule has 0 unspecified atom stereocenters. The van der Waals surface area contributed by atoms with E-state index in [-0.39, 0.29) is 54.5 Å². The van der Waals surface area contributed by atoms with Crippen molar-refractivity contribution >= 4 is 27.3 Å². The molecule has 176 valence electrons. The lowest BCUT2D eigenvalue weighted by Crippen LogP contribution is -2.50. The van der Waals surface area contributed by atoms with Crippen molar-refractivity contribution < 1.29 is 31.1 Å². The molecule has 1 saturated heterocycles. The molecule has 1 aromatic carbocycles. The van der Waals surface area contributed by atoms with Gasteiger partial charge in [-0.1, -0.05) is 12.1 Å². The highest BCUT2D eigenvalue weighted by Crippen LogP contribution is 2.31. The van der Waals surface area contributed by atoms with E-state index in [1.165, 1.54) is 38.3 Å². The second-order valence-corrected chi connectivity index (χ2v) is 10.3. The lowest BCUT2D eigenvalue weighted by molar-refractivity contribution is -0.137. The van der Waals surface area contributed by atoms with Gasteiger partial charge in [-0.2, -0.15) is 22.6 Å². The first kappa shape index (κ1) is 23.3. The Hall–Kier alpha value is -2.90. The maximum absolute atomic E-state index is 12.8. The summed E-state index contributed by atoms with van der Waals surface area (Å²) in [5, 5.41) is 5.82. The molecule has 0 spiro atoms. The first-order valence-electron chi connectivity index (χ1n) is 9.81. The molecule has 0 bridgehead atoms. The van der Waals surface area contributed by atoms with Crippen LogP contribution in [0.25, 0.3) is 0 Å². The van der Waals surface area contributed by atoms with Crippen molar-refractivity contribution in [1.82, 2.24) is 19.0 Å². The molecule has 3 heterocycles. The summed E-state index contributed by atoms with van der Waals surface area (Å²) < 4.78 is 71.9. The average Bonchev–Trinajstić information content (AvgIpc) is 3.50. The van der Waals surface area contributed by atoms with Gasteiger partial charge in [0.25, 0.3) is 15.9 Å². The van der Waals surface area contributed by atoms with E-state index in [1.54, 1.807) is 17.5 Å². The van der Waals surface area contributed by atoms with Crippen molar-refractivity contribution in [1.29, 1.82) is 0 Å². The highest BCUT2D eigenvalue weighted by Gasteiger charge is 2.32. The Bertz CT molecular complexity index is 1220. The quantitative estimate of drug-likeness (QED) is 0.519. The molecule has 0 atom stereocenters. The smallest absolute Gasteiger partial charge is 0.416 e. The van der Waals surface area contributed by atoms with Crippen LogP contribution in [-0.2, 0) is 22.9 Å². The third-order valence-corrected chi connectivity index (χ3v) is 8.27. The van der Waals surface area contributed by atoms with Gasteiger partial charge in [0.1, 0.15) is 9.96 Å². The number of aromatic nitrogens is 2. The Labute approximate surface area is 191 Å². The van der Waals surface area contributed by atoms with Gasteiger partial charge in [-0.25, -0.2) is 13.1 Å². The van der Waals surface area contributed by atoms with Gasteiger partial charge in [-0.3, -0.25) is 4.79 Å². The molecule has 0 saturated carbocycles. The molecule has 4 rings (SSSR count). The third kappa shape index (κ3) is 5.20. The van der Waals surface area contributed by atoms with Crippen molar-refractivity contribution in [2.45, 2.75) is 17.1 Å². The van der Waals surface area contributed by atoms with Crippen LogP contribution in [0.3, 0.4) is 0 Å². The molecule has 1 aliphatic rings. The Morgan fingerprint density at radius 2 is 1.85 bits per heavy atom. The number of piperazine rings is 1. The number of sulfonamides is 1. The fraction of sp³-hybridized carbons (Fsp3) is 0.300. The number of hydrogen-bond acceptors (Lipinski definition) is 6. The summed E-state index contributed by atoms with van der Waals surface area (Å²) >= 11 is 1.14. The van der Waals surface area contributed by atoms with Crippen molar-refractivity contribution in [2.75, 3.05) is 26.2 Å². The van der Waals surface area contributed by atoms with Crippen LogP contribution in [0.1, 0.15) is 16.1 Å². The zero-order valence-corrected chi connectivity index (χ0v) is 18.7. The standard InChI is InChI=1S/C20H19F3N4O4S2/c21-20(22,23)15-3-1-4-16(13-15)31-14-26-7-6-17(24-26)19(28)25-8-10-27(11-9-25)33(29,30)18-5-2-12-32-18/h1-7,12-13H,8-11,14H2. The summed E-state index contributed by atoms with van der Waals surface area (Å²) in [6.45, 7) is 0.603. The minimum Gasteiger partial charge on any atom is -0.471 e. The Morgan fingerprint density at radius 3 is 2.52 bits per heavy atom. The van der Waals surface area contributed by atoms with Gasteiger partial charge < -0.3 is 9.64 Å². The molecule has 2 aromatic heterocycles. The normalized spacial score (nSPS) is 15.5. The molecule has 0 N–H and O–H groups in total. The molecule has 0 aliphatic carbocycles. The summed E-state index contributed by atoms with van der Waals surface area (Å²) in [5.41, 5.74) is -0.686. The predicted molar refractivity (Wildman–Crippen MR) is 113 cm³/mol. The van der Waals surface area contributed by atoms with E-state index in [0.29, 0.717) is 0 Å². The number of halogens is 3.